The maximum Gasteiger partial charge on any atom is 0.308 e. The Bertz CT molecular complexity index is 908. The highest BCUT2D eigenvalue weighted by Gasteiger charge is 2.41. The van der Waals surface area contributed by atoms with Crippen LogP contribution in [-0.2, 0) is 14.3 Å². The lowest BCUT2D eigenvalue weighted by molar-refractivity contribution is -0.147. The molecule has 1 amide bonds. The number of benzene rings is 1. The number of likely N-dealkylation sites (tertiary alicyclic amines) is 1. The molecular formula is C22H27N3O4. The van der Waals surface area contributed by atoms with Gasteiger partial charge in [0.2, 0.25) is 5.91 Å². The number of aromatic nitrogens is 2. The van der Waals surface area contributed by atoms with Gasteiger partial charge < -0.3 is 14.7 Å². The molecule has 0 saturated carbocycles. The molecule has 2 saturated heterocycles. The number of hydrogen-bond donors (Lipinski definition) is 1. The Morgan fingerprint density at radius 3 is 2.66 bits per heavy atom. The van der Waals surface area contributed by atoms with E-state index in [9.17, 15) is 14.7 Å². The third kappa shape index (κ3) is 3.67. The van der Waals surface area contributed by atoms with Crippen LogP contribution in [0.5, 0.6) is 0 Å². The van der Waals surface area contributed by atoms with Gasteiger partial charge in [-0.3, -0.25) is 9.59 Å². The van der Waals surface area contributed by atoms with Crippen LogP contribution < -0.4 is 0 Å². The number of carboxylic acids is 1. The molecule has 1 unspecified atom stereocenters. The molecule has 2 fully saturated rings. The van der Waals surface area contributed by atoms with Crippen molar-refractivity contribution in [2.24, 2.45) is 11.8 Å². The number of nitrogens with zero attached hydrogens (tertiary/aromatic N) is 3. The van der Waals surface area contributed by atoms with E-state index in [4.69, 9.17) is 9.84 Å². The normalized spacial score (nSPS) is 24.6. The van der Waals surface area contributed by atoms with E-state index in [1.54, 1.807) is 4.90 Å². The third-order valence-corrected chi connectivity index (χ3v) is 6.12. The average Bonchev–Trinajstić information content (AvgIpc) is 3.32. The summed E-state index contributed by atoms with van der Waals surface area (Å²) >= 11 is 0. The summed E-state index contributed by atoms with van der Waals surface area (Å²) in [7, 11) is 0. The second-order valence-corrected chi connectivity index (χ2v) is 7.98. The van der Waals surface area contributed by atoms with Gasteiger partial charge in [0.25, 0.3) is 0 Å². The highest BCUT2D eigenvalue weighted by atomic mass is 16.5. The highest BCUT2D eigenvalue weighted by molar-refractivity contribution is 5.81. The lowest BCUT2D eigenvalue weighted by Crippen LogP contribution is -2.45. The van der Waals surface area contributed by atoms with E-state index >= 15 is 0 Å². The summed E-state index contributed by atoms with van der Waals surface area (Å²) in [6, 6.07) is 9.91. The Morgan fingerprint density at radius 2 is 1.93 bits per heavy atom. The van der Waals surface area contributed by atoms with Crippen LogP contribution >= 0.6 is 0 Å². The minimum absolute atomic E-state index is 0.00436. The SMILES string of the molecule is Cc1nn(-c2ccccc2)c(C)c1[C@H]1OCC[C@@H]1C(=O)N1CCCC(C(=O)O)C1. The van der Waals surface area contributed by atoms with Crippen molar-refractivity contribution >= 4 is 11.9 Å². The maximum absolute atomic E-state index is 13.3. The van der Waals surface area contributed by atoms with Crippen LogP contribution in [0.4, 0.5) is 0 Å². The molecule has 2 aliphatic rings. The Kier molecular flexibility index (Phi) is 5.41. The second-order valence-electron chi connectivity index (χ2n) is 7.98. The lowest BCUT2D eigenvalue weighted by Gasteiger charge is -2.33. The summed E-state index contributed by atoms with van der Waals surface area (Å²) in [5, 5.41) is 14.0. The zero-order chi connectivity index (χ0) is 20.5. The van der Waals surface area contributed by atoms with Crippen LogP contribution in [-0.4, -0.2) is 51.4 Å². The first-order chi connectivity index (χ1) is 14.0. The van der Waals surface area contributed by atoms with Crippen LogP contribution in [0.1, 0.15) is 42.3 Å². The smallest absolute Gasteiger partial charge is 0.308 e. The Balaban J connectivity index is 1.60. The van der Waals surface area contributed by atoms with Crippen LogP contribution in [0.2, 0.25) is 0 Å². The van der Waals surface area contributed by atoms with Gasteiger partial charge in [0.1, 0.15) is 0 Å². The van der Waals surface area contributed by atoms with E-state index in [1.165, 1.54) is 0 Å². The Labute approximate surface area is 170 Å². The van der Waals surface area contributed by atoms with Gasteiger partial charge in [0.15, 0.2) is 0 Å². The number of carbonyl (C=O) groups is 2. The fourth-order valence-electron chi connectivity index (χ4n) is 4.63. The molecule has 0 radical (unpaired) electrons. The van der Waals surface area contributed by atoms with Crippen molar-refractivity contribution in [1.82, 2.24) is 14.7 Å². The summed E-state index contributed by atoms with van der Waals surface area (Å²) in [6.07, 6.45) is 1.66. The number of carbonyl (C=O) groups excluding carboxylic acids is 1. The summed E-state index contributed by atoms with van der Waals surface area (Å²) in [5.41, 5.74) is 3.77. The lowest BCUT2D eigenvalue weighted by atomic mass is 9.90. The van der Waals surface area contributed by atoms with Gasteiger partial charge in [-0.25, -0.2) is 4.68 Å². The van der Waals surface area contributed by atoms with Crippen LogP contribution in [0.3, 0.4) is 0 Å². The zero-order valence-corrected chi connectivity index (χ0v) is 16.9. The van der Waals surface area contributed by atoms with Crippen molar-refractivity contribution in [1.29, 1.82) is 0 Å². The highest BCUT2D eigenvalue weighted by Crippen LogP contribution is 2.39. The molecule has 0 aliphatic carbocycles. The molecule has 29 heavy (non-hydrogen) atoms. The van der Waals surface area contributed by atoms with Crippen molar-refractivity contribution < 1.29 is 19.4 Å². The molecule has 7 nitrogen and oxygen atoms in total. The molecule has 0 bridgehead atoms. The van der Waals surface area contributed by atoms with Gasteiger partial charge >= 0.3 is 5.97 Å². The molecule has 7 heteroatoms. The van der Waals surface area contributed by atoms with Crippen LogP contribution in [0, 0.1) is 25.7 Å². The number of para-hydroxylation sites is 1. The first-order valence-corrected chi connectivity index (χ1v) is 10.2. The number of piperidine rings is 1. The first kappa shape index (κ1) is 19.6. The molecule has 2 aromatic rings. The fourth-order valence-corrected chi connectivity index (χ4v) is 4.63. The molecule has 3 heterocycles. The molecule has 1 N–H and O–H groups in total. The second kappa shape index (κ2) is 7.99. The van der Waals surface area contributed by atoms with Crippen molar-refractivity contribution in [2.75, 3.05) is 19.7 Å². The van der Waals surface area contributed by atoms with Gasteiger partial charge in [-0.1, -0.05) is 18.2 Å². The predicted octanol–water partition coefficient (Wildman–Crippen LogP) is 2.89. The number of ether oxygens (including phenoxy) is 1. The van der Waals surface area contributed by atoms with Crippen molar-refractivity contribution in [3.63, 3.8) is 0 Å². The van der Waals surface area contributed by atoms with E-state index in [1.807, 2.05) is 48.9 Å². The Hall–Kier alpha value is -2.67. The van der Waals surface area contributed by atoms with E-state index in [2.05, 4.69) is 0 Å². The monoisotopic (exact) mass is 397 g/mol. The van der Waals surface area contributed by atoms with Gasteiger partial charge in [-0.05, 0) is 45.2 Å². The number of amides is 1. The predicted molar refractivity (Wildman–Crippen MR) is 107 cm³/mol. The van der Waals surface area contributed by atoms with Gasteiger partial charge in [0, 0.05) is 31.0 Å². The molecule has 3 atom stereocenters. The quantitative estimate of drug-likeness (QED) is 0.858. The van der Waals surface area contributed by atoms with Gasteiger partial charge in [0.05, 0.1) is 29.3 Å². The molecule has 2 aliphatic heterocycles. The standard InChI is InChI=1S/C22H27N3O4/c1-14-19(15(2)25(23-14)17-8-4-3-5-9-17)20-18(10-12-29-20)21(26)24-11-6-7-16(13-24)22(27)28/h3-5,8-9,16,18,20H,6-7,10-13H2,1-2H3,(H,27,28)/t16?,18-,20-/m0/s1. The summed E-state index contributed by atoms with van der Waals surface area (Å²) in [6.45, 7) is 5.39. The minimum Gasteiger partial charge on any atom is -0.481 e. The van der Waals surface area contributed by atoms with E-state index in [0.717, 1.165) is 29.1 Å². The van der Waals surface area contributed by atoms with Gasteiger partial charge in [-0.15, -0.1) is 0 Å². The molecule has 154 valence electrons. The minimum atomic E-state index is -0.822. The Morgan fingerprint density at radius 1 is 1.17 bits per heavy atom. The summed E-state index contributed by atoms with van der Waals surface area (Å²) in [4.78, 5) is 26.4. The molecule has 1 aromatic carbocycles. The van der Waals surface area contributed by atoms with E-state index in [0.29, 0.717) is 32.5 Å². The number of hydrogen-bond acceptors (Lipinski definition) is 4. The largest absolute Gasteiger partial charge is 0.481 e. The number of carboxylic acid groups (broad SMARTS) is 1. The fraction of sp³-hybridized carbons (Fsp3) is 0.500. The van der Waals surface area contributed by atoms with Crippen molar-refractivity contribution in [2.45, 2.75) is 39.2 Å². The number of rotatable bonds is 4. The first-order valence-electron chi connectivity index (χ1n) is 10.2. The summed E-state index contributed by atoms with van der Waals surface area (Å²) in [5.74, 6) is -1.59. The van der Waals surface area contributed by atoms with Crippen molar-refractivity contribution in [3.8, 4) is 5.69 Å². The van der Waals surface area contributed by atoms with Crippen LogP contribution in [0.25, 0.3) is 5.69 Å². The number of aliphatic carboxylic acids is 1. The molecule has 0 spiro atoms. The topological polar surface area (TPSA) is 84.7 Å². The van der Waals surface area contributed by atoms with Crippen LogP contribution in [0.15, 0.2) is 30.3 Å². The van der Waals surface area contributed by atoms with Crippen molar-refractivity contribution in [3.05, 3.63) is 47.3 Å². The molecular weight excluding hydrogens is 370 g/mol. The maximum atomic E-state index is 13.3. The zero-order valence-electron chi connectivity index (χ0n) is 16.9. The molecule has 1 aromatic heterocycles. The summed E-state index contributed by atoms with van der Waals surface area (Å²) < 4.78 is 7.93. The van der Waals surface area contributed by atoms with Gasteiger partial charge in [-0.2, -0.15) is 5.10 Å². The van der Waals surface area contributed by atoms with E-state index < -0.39 is 11.9 Å². The average molecular weight is 397 g/mol. The third-order valence-electron chi connectivity index (χ3n) is 6.12. The number of aryl methyl sites for hydroxylation is 1. The molecule has 4 rings (SSSR count). The van der Waals surface area contributed by atoms with E-state index in [-0.39, 0.29) is 17.9 Å².